The van der Waals surface area contributed by atoms with Crippen LogP contribution in [0.25, 0.3) is 0 Å². The van der Waals surface area contributed by atoms with Gasteiger partial charge in [-0.05, 0) is 48.5 Å². The number of imidazole rings is 1. The smallest absolute Gasteiger partial charge is 0.419 e. The van der Waals surface area contributed by atoms with Gasteiger partial charge in [-0.15, -0.1) is 0 Å². The molecule has 2 atom stereocenters. The van der Waals surface area contributed by atoms with Crippen molar-refractivity contribution >= 4 is 23.9 Å². The fraction of sp³-hybridized carbons (Fsp3) is 0.650. The molecular weight excluding hydrogens is 394 g/mol. The molecule has 0 aliphatic carbocycles. The highest BCUT2D eigenvalue weighted by molar-refractivity contribution is 5.87. The number of aromatic nitrogens is 2. The van der Waals surface area contributed by atoms with Gasteiger partial charge in [0.05, 0.1) is 18.0 Å². The summed E-state index contributed by atoms with van der Waals surface area (Å²) in [5.74, 6) is -3.35. The number of hydrogen-bond donors (Lipinski definition) is 2. The number of amides is 1. The normalized spacial score (nSPS) is 13.8. The summed E-state index contributed by atoms with van der Waals surface area (Å²) in [7, 11) is 0. The van der Waals surface area contributed by atoms with E-state index in [0.717, 1.165) is 4.57 Å². The standard InChI is InChI=1S/C20H31N3O7/c1-12(17(26)27)22-16(25)13(9-15(24)29-19(2,3)4)8-14-10-23(11-21-14)18(28)30-20(5,6)7/h10-13H,8-9H2,1-7H3,(H,22,25)(H,26,27). The highest BCUT2D eigenvalue weighted by Crippen LogP contribution is 2.17. The highest BCUT2D eigenvalue weighted by Gasteiger charge is 2.29. The van der Waals surface area contributed by atoms with Crippen LogP contribution < -0.4 is 5.32 Å². The third kappa shape index (κ3) is 9.06. The second kappa shape index (κ2) is 9.73. The van der Waals surface area contributed by atoms with Crippen LogP contribution in [0.5, 0.6) is 0 Å². The lowest BCUT2D eigenvalue weighted by Crippen LogP contribution is -2.43. The van der Waals surface area contributed by atoms with Crippen molar-refractivity contribution in [3.05, 3.63) is 18.2 Å². The van der Waals surface area contributed by atoms with Crippen LogP contribution >= 0.6 is 0 Å². The minimum absolute atomic E-state index is 0.00716. The molecule has 10 nitrogen and oxygen atoms in total. The van der Waals surface area contributed by atoms with Crippen LogP contribution in [-0.2, 0) is 30.3 Å². The van der Waals surface area contributed by atoms with Crippen molar-refractivity contribution in [2.24, 2.45) is 5.92 Å². The van der Waals surface area contributed by atoms with Crippen molar-refractivity contribution < 1.29 is 33.8 Å². The number of carbonyl (C=O) groups is 4. The molecular formula is C20H31N3O7. The number of rotatable bonds is 7. The molecule has 0 spiro atoms. The minimum Gasteiger partial charge on any atom is -0.480 e. The lowest BCUT2D eigenvalue weighted by atomic mass is 9.98. The van der Waals surface area contributed by atoms with Crippen molar-refractivity contribution in [1.29, 1.82) is 0 Å². The first-order chi connectivity index (χ1) is 13.6. The fourth-order valence-corrected chi connectivity index (χ4v) is 2.37. The Balaban J connectivity index is 2.97. The van der Waals surface area contributed by atoms with E-state index < -0.39 is 47.1 Å². The summed E-state index contributed by atoms with van der Waals surface area (Å²) >= 11 is 0. The fourth-order valence-electron chi connectivity index (χ4n) is 2.37. The quantitative estimate of drug-likeness (QED) is 0.634. The SMILES string of the molecule is CC(NC(=O)C(CC(=O)OC(C)(C)C)Cc1cn(C(=O)OC(C)(C)C)cn1)C(=O)O. The summed E-state index contributed by atoms with van der Waals surface area (Å²) in [4.78, 5) is 52.1. The van der Waals surface area contributed by atoms with E-state index in [2.05, 4.69) is 10.3 Å². The molecule has 1 aromatic rings. The Morgan fingerprint density at radius 2 is 1.67 bits per heavy atom. The molecule has 0 aliphatic heterocycles. The Hall–Kier alpha value is -2.91. The van der Waals surface area contributed by atoms with E-state index in [-0.39, 0.29) is 12.8 Å². The molecule has 0 bridgehead atoms. The molecule has 2 unspecified atom stereocenters. The molecule has 10 heteroatoms. The van der Waals surface area contributed by atoms with E-state index in [1.165, 1.54) is 19.4 Å². The average Bonchev–Trinajstić information content (AvgIpc) is 2.99. The van der Waals surface area contributed by atoms with Crippen molar-refractivity contribution in [1.82, 2.24) is 14.9 Å². The van der Waals surface area contributed by atoms with Crippen LogP contribution in [0, 0.1) is 5.92 Å². The van der Waals surface area contributed by atoms with Gasteiger partial charge in [0.25, 0.3) is 0 Å². The Bertz CT molecular complexity index is 787. The summed E-state index contributed by atoms with van der Waals surface area (Å²) in [5.41, 5.74) is -1.05. The van der Waals surface area contributed by atoms with Gasteiger partial charge in [-0.25, -0.2) is 14.3 Å². The van der Waals surface area contributed by atoms with Crippen LogP contribution in [-0.4, -0.2) is 55.8 Å². The first kappa shape index (κ1) is 25.1. The van der Waals surface area contributed by atoms with Gasteiger partial charge >= 0.3 is 18.0 Å². The second-order valence-corrected chi connectivity index (χ2v) is 9.01. The third-order valence-corrected chi connectivity index (χ3v) is 3.63. The first-order valence-corrected chi connectivity index (χ1v) is 9.58. The van der Waals surface area contributed by atoms with Gasteiger partial charge in [0.1, 0.15) is 23.6 Å². The van der Waals surface area contributed by atoms with E-state index in [1.54, 1.807) is 41.5 Å². The number of nitrogens with one attached hydrogen (secondary N) is 1. The summed E-state index contributed by atoms with van der Waals surface area (Å²) in [6.45, 7) is 11.6. The molecule has 0 saturated carbocycles. The number of esters is 1. The summed E-state index contributed by atoms with van der Waals surface area (Å²) < 4.78 is 11.7. The van der Waals surface area contributed by atoms with Crippen LogP contribution in [0.4, 0.5) is 4.79 Å². The van der Waals surface area contributed by atoms with Gasteiger partial charge in [0.15, 0.2) is 0 Å². The maximum absolute atomic E-state index is 12.6. The lowest BCUT2D eigenvalue weighted by molar-refractivity contribution is -0.157. The Morgan fingerprint density at radius 1 is 1.10 bits per heavy atom. The van der Waals surface area contributed by atoms with Gasteiger partial charge in [-0.2, -0.15) is 0 Å². The highest BCUT2D eigenvalue weighted by atomic mass is 16.6. The summed E-state index contributed by atoms with van der Waals surface area (Å²) in [6, 6.07) is -1.13. The topological polar surface area (TPSA) is 137 Å². The molecule has 1 rings (SSSR count). The van der Waals surface area contributed by atoms with Crippen LogP contribution in [0.3, 0.4) is 0 Å². The van der Waals surface area contributed by atoms with E-state index in [0.29, 0.717) is 5.69 Å². The Kier molecular flexibility index (Phi) is 8.15. The number of hydrogen-bond acceptors (Lipinski definition) is 7. The molecule has 0 radical (unpaired) electrons. The predicted molar refractivity (Wildman–Crippen MR) is 107 cm³/mol. The number of carboxylic acid groups (broad SMARTS) is 1. The molecule has 0 aromatic carbocycles. The zero-order chi connectivity index (χ0) is 23.3. The van der Waals surface area contributed by atoms with Gasteiger partial charge in [0.2, 0.25) is 5.91 Å². The monoisotopic (exact) mass is 425 g/mol. The molecule has 0 aliphatic rings. The molecule has 2 N–H and O–H groups in total. The molecule has 30 heavy (non-hydrogen) atoms. The van der Waals surface area contributed by atoms with Crippen LogP contribution in [0.15, 0.2) is 12.5 Å². The lowest BCUT2D eigenvalue weighted by Gasteiger charge is -2.22. The number of nitrogens with zero attached hydrogens (tertiary/aromatic N) is 2. The van der Waals surface area contributed by atoms with E-state index in [9.17, 15) is 19.2 Å². The van der Waals surface area contributed by atoms with E-state index in [1.807, 2.05) is 0 Å². The van der Waals surface area contributed by atoms with Gasteiger partial charge in [-0.1, -0.05) is 0 Å². The first-order valence-electron chi connectivity index (χ1n) is 9.58. The molecule has 1 aromatic heterocycles. The van der Waals surface area contributed by atoms with Crippen molar-refractivity contribution in [3.63, 3.8) is 0 Å². The maximum Gasteiger partial charge on any atom is 0.419 e. The number of carboxylic acids is 1. The van der Waals surface area contributed by atoms with Crippen LogP contribution in [0.1, 0.15) is 60.6 Å². The molecule has 168 valence electrons. The average molecular weight is 425 g/mol. The van der Waals surface area contributed by atoms with E-state index >= 15 is 0 Å². The second-order valence-electron chi connectivity index (χ2n) is 9.01. The molecule has 1 amide bonds. The van der Waals surface area contributed by atoms with Gasteiger partial charge < -0.3 is 19.9 Å². The zero-order valence-corrected chi connectivity index (χ0v) is 18.5. The number of ether oxygens (including phenoxy) is 2. The predicted octanol–water partition coefficient (Wildman–Crippen LogP) is 2.15. The zero-order valence-electron chi connectivity index (χ0n) is 18.5. The summed E-state index contributed by atoms with van der Waals surface area (Å²) in [6.07, 6.45) is 1.77. The molecule has 0 fully saturated rings. The largest absolute Gasteiger partial charge is 0.480 e. The molecule has 0 saturated heterocycles. The van der Waals surface area contributed by atoms with Crippen LogP contribution in [0.2, 0.25) is 0 Å². The Morgan fingerprint density at radius 3 is 2.17 bits per heavy atom. The third-order valence-electron chi connectivity index (χ3n) is 3.63. The summed E-state index contributed by atoms with van der Waals surface area (Å²) in [5, 5.41) is 11.4. The maximum atomic E-state index is 12.6. The number of carbonyl (C=O) groups excluding carboxylic acids is 3. The van der Waals surface area contributed by atoms with E-state index in [4.69, 9.17) is 14.6 Å². The van der Waals surface area contributed by atoms with Crippen molar-refractivity contribution in [2.75, 3.05) is 0 Å². The van der Waals surface area contributed by atoms with Gasteiger partial charge in [0, 0.05) is 12.6 Å². The van der Waals surface area contributed by atoms with Crippen molar-refractivity contribution in [3.8, 4) is 0 Å². The molecule has 1 heterocycles. The Labute approximate surface area is 175 Å². The number of aliphatic carboxylic acids is 1. The minimum atomic E-state index is -1.20. The van der Waals surface area contributed by atoms with Gasteiger partial charge in [-0.3, -0.25) is 14.4 Å². The van der Waals surface area contributed by atoms with Crippen molar-refractivity contribution in [2.45, 2.75) is 78.6 Å².